The Morgan fingerprint density at radius 2 is 2.11 bits per heavy atom. The van der Waals surface area contributed by atoms with Gasteiger partial charge in [-0.2, -0.15) is 0 Å². The van der Waals surface area contributed by atoms with Crippen molar-refractivity contribution in [2.75, 3.05) is 4.72 Å². The molecule has 1 aromatic carbocycles. The van der Waals surface area contributed by atoms with E-state index in [9.17, 15) is 8.42 Å². The summed E-state index contributed by atoms with van der Waals surface area (Å²) in [5, 5.41) is 0.351. The largest absolute Gasteiger partial charge is 0.363 e. The number of aromatic amines is 1. The number of nitrogens with two attached hydrogens (primary N) is 1. The second-order valence-electron chi connectivity index (χ2n) is 4.15. The van der Waals surface area contributed by atoms with Crippen LogP contribution in [0.3, 0.4) is 0 Å². The molecule has 102 valence electrons. The zero-order valence-corrected chi connectivity index (χ0v) is 11.8. The summed E-state index contributed by atoms with van der Waals surface area (Å²) in [6.45, 7) is 2.11. The van der Waals surface area contributed by atoms with Crippen LogP contribution in [0.25, 0.3) is 0 Å². The number of H-pyrrole nitrogens is 1. The second kappa shape index (κ2) is 5.24. The van der Waals surface area contributed by atoms with Crippen molar-refractivity contribution in [3.8, 4) is 0 Å². The lowest BCUT2D eigenvalue weighted by molar-refractivity contribution is 0.601. The van der Waals surface area contributed by atoms with Gasteiger partial charge in [0.15, 0.2) is 0 Å². The molecular weight excluding hydrogens is 286 g/mol. The molecule has 4 N–H and O–H groups in total. The molecule has 7 heteroatoms. The van der Waals surface area contributed by atoms with Crippen LogP contribution in [0.4, 0.5) is 5.69 Å². The smallest absolute Gasteiger partial charge is 0.263 e. The summed E-state index contributed by atoms with van der Waals surface area (Å²) >= 11 is 5.97. The van der Waals surface area contributed by atoms with Gasteiger partial charge in [-0.15, -0.1) is 0 Å². The molecular formula is C12H14ClN3O2S. The summed E-state index contributed by atoms with van der Waals surface area (Å²) in [7, 11) is -3.66. The SMILES string of the molecule is Cc1ccc(Cl)c(NS(=O)(=O)c2c[nH]c(CN)c2)c1. The van der Waals surface area contributed by atoms with Crippen LogP contribution in [-0.2, 0) is 16.6 Å². The van der Waals surface area contributed by atoms with Gasteiger partial charge < -0.3 is 10.7 Å². The first kappa shape index (κ1) is 13.9. The van der Waals surface area contributed by atoms with Gasteiger partial charge in [0, 0.05) is 18.4 Å². The minimum atomic E-state index is -3.66. The number of rotatable bonds is 4. The first-order chi connectivity index (χ1) is 8.92. The van der Waals surface area contributed by atoms with Gasteiger partial charge in [0.05, 0.1) is 10.7 Å². The normalized spacial score (nSPS) is 11.5. The summed E-state index contributed by atoms with van der Waals surface area (Å²) < 4.78 is 26.8. The van der Waals surface area contributed by atoms with Crippen molar-refractivity contribution < 1.29 is 8.42 Å². The predicted octanol–water partition coefficient (Wildman–Crippen LogP) is 2.24. The molecule has 0 aliphatic rings. The fraction of sp³-hybridized carbons (Fsp3) is 0.167. The Bertz CT molecular complexity index is 695. The molecule has 0 radical (unpaired) electrons. The zero-order valence-electron chi connectivity index (χ0n) is 10.3. The molecule has 19 heavy (non-hydrogen) atoms. The fourth-order valence-electron chi connectivity index (χ4n) is 1.61. The Hall–Kier alpha value is -1.50. The number of aromatic nitrogens is 1. The van der Waals surface area contributed by atoms with Gasteiger partial charge in [-0.3, -0.25) is 4.72 Å². The van der Waals surface area contributed by atoms with Crippen LogP contribution in [0.15, 0.2) is 35.4 Å². The molecule has 2 aromatic rings. The van der Waals surface area contributed by atoms with E-state index < -0.39 is 10.0 Å². The molecule has 0 atom stereocenters. The first-order valence-corrected chi connectivity index (χ1v) is 7.45. The molecule has 1 aromatic heterocycles. The summed E-state index contributed by atoms with van der Waals surface area (Å²) in [5.41, 5.74) is 7.36. The van der Waals surface area contributed by atoms with Gasteiger partial charge in [-0.05, 0) is 30.7 Å². The van der Waals surface area contributed by atoms with Gasteiger partial charge >= 0.3 is 0 Å². The summed E-state index contributed by atoms with van der Waals surface area (Å²) in [5.74, 6) is 0. The zero-order chi connectivity index (χ0) is 14.0. The minimum Gasteiger partial charge on any atom is -0.363 e. The maximum Gasteiger partial charge on any atom is 0.263 e. The van der Waals surface area contributed by atoms with E-state index in [0.29, 0.717) is 16.4 Å². The van der Waals surface area contributed by atoms with Crippen LogP contribution in [0.2, 0.25) is 5.02 Å². The van der Waals surface area contributed by atoms with Crippen molar-refractivity contribution in [1.82, 2.24) is 4.98 Å². The molecule has 0 spiro atoms. The molecule has 0 aliphatic heterocycles. The highest BCUT2D eigenvalue weighted by atomic mass is 35.5. The third-order valence-corrected chi connectivity index (χ3v) is 4.29. The lowest BCUT2D eigenvalue weighted by atomic mass is 10.2. The Morgan fingerprint density at radius 1 is 1.37 bits per heavy atom. The Labute approximate surface area is 116 Å². The summed E-state index contributed by atoms with van der Waals surface area (Å²) in [6.07, 6.45) is 1.40. The van der Waals surface area contributed by atoms with E-state index in [1.807, 2.05) is 13.0 Å². The highest BCUT2D eigenvalue weighted by Crippen LogP contribution is 2.25. The van der Waals surface area contributed by atoms with Gasteiger partial charge in [-0.1, -0.05) is 17.7 Å². The lowest BCUT2D eigenvalue weighted by Crippen LogP contribution is -2.12. The van der Waals surface area contributed by atoms with Gasteiger partial charge in [0.1, 0.15) is 4.90 Å². The molecule has 0 amide bonds. The Morgan fingerprint density at radius 3 is 2.74 bits per heavy atom. The van der Waals surface area contributed by atoms with E-state index in [2.05, 4.69) is 9.71 Å². The molecule has 0 aliphatic carbocycles. The fourth-order valence-corrected chi connectivity index (χ4v) is 2.92. The van der Waals surface area contributed by atoms with Crippen LogP contribution in [0, 0.1) is 6.92 Å². The van der Waals surface area contributed by atoms with Crippen molar-refractivity contribution in [2.45, 2.75) is 18.4 Å². The average molecular weight is 300 g/mol. The van der Waals surface area contributed by atoms with Crippen LogP contribution >= 0.6 is 11.6 Å². The molecule has 1 heterocycles. The highest BCUT2D eigenvalue weighted by molar-refractivity contribution is 7.92. The third kappa shape index (κ3) is 3.09. The maximum absolute atomic E-state index is 12.2. The number of hydrogen-bond donors (Lipinski definition) is 3. The number of sulfonamides is 1. The Kier molecular flexibility index (Phi) is 3.84. The number of benzene rings is 1. The van der Waals surface area contributed by atoms with E-state index in [0.717, 1.165) is 5.56 Å². The number of halogens is 1. The quantitative estimate of drug-likeness (QED) is 0.809. The highest BCUT2D eigenvalue weighted by Gasteiger charge is 2.17. The molecule has 0 unspecified atom stereocenters. The van der Waals surface area contributed by atoms with Crippen molar-refractivity contribution >= 4 is 27.3 Å². The monoisotopic (exact) mass is 299 g/mol. The maximum atomic E-state index is 12.2. The molecule has 0 bridgehead atoms. The van der Waals surface area contributed by atoms with E-state index in [-0.39, 0.29) is 11.4 Å². The van der Waals surface area contributed by atoms with Crippen LogP contribution in [-0.4, -0.2) is 13.4 Å². The summed E-state index contributed by atoms with van der Waals surface area (Å²) in [4.78, 5) is 2.93. The third-order valence-electron chi connectivity index (χ3n) is 2.61. The van der Waals surface area contributed by atoms with Crippen molar-refractivity contribution in [1.29, 1.82) is 0 Å². The Balaban J connectivity index is 2.33. The lowest BCUT2D eigenvalue weighted by Gasteiger charge is -2.09. The second-order valence-corrected chi connectivity index (χ2v) is 6.24. The topological polar surface area (TPSA) is 88.0 Å². The van der Waals surface area contributed by atoms with Gasteiger partial charge in [-0.25, -0.2) is 8.42 Å². The number of nitrogens with one attached hydrogen (secondary N) is 2. The van der Waals surface area contributed by atoms with Crippen molar-refractivity contribution in [3.05, 3.63) is 46.7 Å². The van der Waals surface area contributed by atoms with Crippen molar-refractivity contribution in [2.24, 2.45) is 5.73 Å². The number of anilines is 1. The van der Waals surface area contributed by atoms with E-state index in [1.54, 1.807) is 12.1 Å². The van der Waals surface area contributed by atoms with E-state index >= 15 is 0 Å². The molecule has 2 rings (SSSR count). The minimum absolute atomic E-state index is 0.130. The van der Waals surface area contributed by atoms with Gasteiger partial charge in [0.2, 0.25) is 0 Å². The van der Waals surface area contributed by atoms with Crippen molar-refractivity contribution in [3.63, 3.8) is 0 Å². The first-order valence-electron chi connectivity index (χ1n) is 5.59. The molecule has 0 saturated carbocycles. The molecule has 5 nitrogen and oxygen atoms in total. The van der Waals surface area contributed by atoms with Crippen LogP contribution in [0.1, 0.15) is 11.3 Å². The molecule has 0 saturated heterocycles. The van der Waals surface area contributed by atoms with Gasteiger partial charge in [0.25, 0.3) is 10.0 Å². The average Bonchev–Trinajstić information content (AvgIpc) is 2.83. The standard InChI is InChI=1S/C12H14ClN3O2S/c1-8-2-3-11(13)12(4-8)16-19(17,18)10-5-9(6-14)15-7-10/h2-5,7,15-16H,6,14H2,1H3. The summed E-state index contributed by atoms with van der Waals surface area (Å²) in [6, 6.07) is 6.63. The molecule has 0 fully saturated rings. The number of aryl methyl sites for hydroxylation is 1. The van der Waals surface area contributed by atoms with E-state index in [4.69, 9.17) is 17.3 Å². The van der Waals surface area contributed by atoms with E-state index in [1.165, 1.54) is 12.3 Å². The van der Waals surface area contributed by atoms with Crippen LogP contribution in [0.5, 0.6) is 0 Å². The predicted molar refractivity (Wildman–Crippen MR) is 75.7 cm³/mol. The number of hydrogen-bond acceptors (Lipinski definition) is 3. The van der Waals surface area contributed by atoms with Crippen LogP contribution < -0.4 is 10.5 Å².